The van der Waals surface area contributed by atoms with Gasteiger partial charge in [-0.2, -0.15) is 5.26 Å². The molecule has 1 aromatic carbocycles. The number of guanidine groups is 1. The molecule has 0 atom stereocenters. The van der Waals surface area contributed by atoms with Crippen LogP contribution in [-0.2, 0) is 6.42 Å². The number of hydrogen-bond acceptors (Lipinski definition) is 4. The molecule has 210 valence electrons. The summed E-state index contributed by atoms with van der Waals surface area (Å²) >= 11 is 0. The molecule has 7 heteroatoms. The molecule has 3 N–H and O–H groups in total. The Labute approximate surface area is 230 Å². The van der Waals surface area contributed by atoms with Crippen LogP contribution in [0.3, 0.4) is 0 Å². The fourth-order valence-electron chi connectivity index (χ4n) is 4.97. The number of aromatic amines is 1. The van der Waals surface area contributed by atoms with Gasteiger partial charge in [-0.25, -0.2) is 0 Å². The van der Waals surface area contributed by atoms with Crippen LogP contribution in [0.1, 0.15) is 122 Å². The van der Waals surface area contributed by atoms with E-state index >= 15 is 0 Å². The lowest BCUT2D eigenvalue weighted by molar-refractivity contribution is 0.527. The molecular formula is C31H50N6O. The first-order valence-corrected chi connectivity index (χ1v) is 15.1. The lowest BCUT2D eigenvalue weighted by Gasteiger charge is -2.08. The van der Waals surface area contributed by atoms with Gasteiger partial charge in [0.1, 0.15) is 5.69 Å². The molecule has 0 bridgehead atoms. The predicted molar refractivity (Wildman–Crippen MR) is 161 cm³/mol. The van der Waals surface area contributed by atoms with Gasteiger partial charge in [0.25, 0.3) is 0 Å². The van der Waals surface area contributed by atoms with E-state index in [-0.39, 0.29) is 0 Å². The minimum atomic E-state index is 0.425. The summed E-state index contributed by atoms with van der Waals surface area (Å²) in [7, 11) is 0. The zero-order valence-electron chi connectivity index (χ0n) is 23.7. The zero-order valence-corrected chi connectivity index (χ0v) is 23.7. The molecule has 0 saturated heterocycles. The number of hydrogen-bond donors (Lipinski definition) is 3. The summed E-state index contributed by atoms with van der Waals surface area (Å²) in [6, 6.07) is 5.37. The Kier molecular flexibility index (Phi) is 17.4. The van der Waals surface area contributed by atoms with Gasteiger partial charge in [0.2, 0.25) is 5.96 Å². The number of aromatic nitrogens is 1. The van der Waals surface area contributed by atoms with E-state index in [1.807, 2.05) is 18.5 Å². The van der Waals surface area contributed by atoms with Crippen LogP contribution in [0.4, 0.5) is 5.69 Å². The van der Waals surface area contributed by atoms with Crippen LogP contribution in [0.5, 0.6) is 0 Å². The molecule has 0 fully saturated rings. The number of rotatable bonds is 22. The highest BCUT2D eigenvalue weighted by molar-refractivity contribution is 5.86. The van der Waals surface area contributed by atoms with Crippen molar-refractivity contribution in [3.8, 4) is 6.19 Å². The van der Waals surface area contributed by atoms with Gasteiger partial charge < -0.3 is 10.3 Å². The van der Waals surface area contributed by atoms with Crippen molar-refractivity contribution in [3.63, 3.8) is 0 Å². The van der Waals surface area contributed by atoms with Gasteiger partial charge in [0.05, 0.1) is 0 Å². The van der Waals surface area contributed by atoms with Crippen LogP contribution in [-0.4, -0.2) is 24.0 Å². The minimum absolute atomic E-state index is 0.425. The summed E-state index contributed by atoms with van der Waals surface area (Å²) in [5.41, 5.74) is 2.51. The lowest BCUT2D eigenvalue weighted by Crippen LogP contribution is -2.36. The van der Waals surface area contributed by atoms with Crippen LogP contribution in [0.2, 0.25) is 0 Å². The number of nitrogens with one attached hydrogen (secondary N) is 3. The van der Waals surface area contributed by atoms with Crippen molar-refractivity contribution in [2.45, 2.75) is 122 Å². The van der Waals surface area contributed by atoms with Crippen molar-refractivity contribution in [1.29, 1.82) is 5.26 Å². The van der Waals surface area contributed by atoms with E-state index in [9.17, 15) is 4.91 Å². The van der Waals surface area contributed by atoms with E-state index in [2.05, 4.69) is 32.7 Å². The third-order valence-corrected chi connectivity index (χ3v) is 7.25. The molecule has 1 heterocycles. The van der Waals surface area contributed by atoms with Crippen LogP contribution >= 0.6 is 0 Å². The molecule has 2 rings (SSSR count). The molecule has 0 spiro atoms. The van der Waals surface area contributed by atoms with Crippen molar-refractivity contribution < 1.29 is 0 Å². The molecule has 0 aliphatic heterocycles. The smallest absolute Gasteiger partial charge is 0.204 e. The number of nitriles is 1. The van der Waals surface area contributed by atoms with Crippen LogP contribution in [0, 0.1) is 16.4 Å². The Morgan fingerprint density at radius 2 is 1.45 bits per heavy atom. The topological polar surface area (TPSA) is 105 Å². The fourth-order valence-corrected chi connectivity index (χ4v) is 4.97. The number of benzene rings is 1. The maximum absolute atomic E-state index is 10.8. The highest BCUT2D eigenvalue weighted by Crippen LogP contribution is 2.24. The van der Waals surface area contributed by atoms with Crippen LogP contribution < -0.4 is 10.6 Å². The van der Waals surface area contributed by atoms with Crippen molar-refractivity contribution >= 4 is 22.5 Å². The maximum Gasteiger partial charge on any atom is 0.204 e. The second kappa shape index (κ2) is 21.1. The quantitative estimate of drug-likeness (QED) is 0.0359. The Bertz CT molecular complexity index is 961. The second-order valence-electron chi connectivity index (χ2n) is 10.4. The molecule has 0 aliphatic rings. The van der Waals surface area contributed by atoms with E-state index in [0.29, 0.717) is 18.2 Å². The molecule has 0 saturated carbocycles. The zero-order chi connectivity index (χ0) is 27.1. The molecule has 1 aromatic heterocycles. The van der Waals surface area contributed by atoms with E-state index in [1.165, 1.54) is 103 Å². The molecule has 0 aliphatic carbocycles. The van der Waals surface area contributed by atoms with Gasteiger partial charge in [-0.05, 0) is 41.8 Å². The first-order chi connectivity index (χ1) is 18.8. The molecule has 0 radical (unpaired) electrons. The van der Waals surface area contributed by atoms with Gasteiger partial charge in [0, 0.05) is 30.2 Å². The highest BCUT2D eigenvalue weighted by Gasteiger charge is 2.06. The van der Waals surface area contributed by atoms with Gasteiger partial charge in [0.15, 0.2) is 6.19 Å². The van der Waals surface area contributed by atoms with Crippen LogP contribution in [0.15, 0.2) is 34.6 Å². The standard InChI is InChI=1S/C31H50N6O/c1-2-3-4-5-6-7-8-9-10-11-12-13-14-15-16-17-18-22-33-31(36-26-32)34-23-21-27-25-35-30-20-19-28(37-38)24-29(27)30/h19-20,24-25,35H,2-18,21-23H2,1H3,(H2,33,34,36). The SMILES string of the molecule is CCCCCCCCCCCCCCCCCCCN=C(NC#N)NCCc1c[nH]c2ccc(N=O)cc12. The first-order valence-electron chi connectivity index (χ1n) is 15.1. The number of nitroso groups, excluding NO2 is 1. The number of nitrogens with zero attached hydrogens (tertiary/aromatic N) is 3. The number of aliphatic imine (C=N–C) groups is 1. The Morgan fingerprint density at radius 1 is 0.868 bits per heavy atom. The van der Waals surface area contributed by atoms with Crippen LogP contribution in [0.25, 0.3) is 10.9 Å². The molecule has 0 unspecified atom stereocenters. The summed E-state index contributed by atoms with van der Waals surface area (Å²) < 4.78 is 0. The van der Waals surface area contributed by atoms with E-state index in [4.69, 9.17) is 5.26 Å². The average Bonchev–Trinajstić information content (AvgIpc) is 3.34. The molecule has 38 heavy (non-hydrogen) atoms. The largest absolute Gasteiger partial charge is 0.361 e. The molecular weight excluding hydrogens is 472 g/mol. The van der Waals surface area contributed by atoms with Gasteiger partial charge in [-0.15, -0.1) is 4.91 Å². The maximum atomic E-state index is 10.8. The van der Waals surface area contributed by atoms with Gasteiger partial charge in [-0.1, -0.05) is 110 Å². The minimum Gasteiger partial charge on any atom is -0.361 e. The van der Waals surface area contributed by atoms with Gasteiger partial charge in [-0.3, -0.25) is 10.3 Å². The monoisotopic (exact) mass is 522 g/mol. The third kappa shape index (κ3) is 13.6. The first kappa shape index (κ1) is 31.3. The Morgan fingerprint density at radius 3 is 2.00 bits per heavy atom. The number of H-pyrrole nitrogens is 1. The summed E-state index contributed by atoms with van der Waals surface area (Å²) in [5, 5.41) is 19.0. The van der Waals surface area contributed by atoms with Crippen molar-refractivity contribution in [2.75, 3.05) is 13.1 Å². The Hall–Kier alpha value is -2.88. The third-order valence-electron chi connectivity index (χ3n) is 7.25. The molecule has 7 nitrogen and oxygen atoms in total. The van der Waals surface area contributed by atoms with E-state index < -0.39 is 0 Å². The Balaban J connectivity index is 1.46. The molecule has 2 aromatic rings. The summed E-state index contributed by atoms with van der Waals surface area (Å²) in [6.07, 6.45) is 27.8. The summed E-state index contributed by atoms with van der Waals surface area (Å²) in [6.45, 7) is 3.64. The van der Waals surface area contributed by atoms with Crippen molar-refractivity contribution in [2.24, 2.45) is 10.2 Å². The van der Waals surface area contributed by atoms with E-state index in [1.54, 1.807) is 12.1 Å². The summed E-state index contributed by atoms with van der Waals surface area (Å²) in [5.74, 6) is 0.527. The normalized spacial score (nSPS) is 11.5. The highest BCUT2D eigenvalue weighted by atomic mass is 16.3. The number of unbranched alkanes of at least 4 members (excludes halogenated alkanes) is 16. The fraction of sp³-hybridized carbons (Fsp3) is 0.677. The van der Waals surface area contributed by atoms with E-state index in [0.717, 1.165) is 35.9 Å². The summed E-state index contributed by atoms with van der Waals surface area (Å²) in [4.78, 5) is 18.6. The second-order valence-corrected chi connectivity index (χ2v) is 10.4. The predicted octanol–water partition coefficient (Wildman–Crippen LogP) is 8.78. The number of fused-ring (bicyclic) bond motifs is 1. The molecule has 0 amide bonds. The van der Waals surface area contributed by atoms with Crippen molar-refractivity contribution in [1.82, 2.24) is 15.6 Å². The van der Waals surface area contributed by atoms with Crippen molar-refractivity contribution in [3.05, 3.63) is 34.9 Å². The lowest BCUT2D eigenvalue weighted by atomic mass is 10.0. The average molecular weight is 523 g/mol. The van der Waals surface area contributed by atoms with Gasteiger partial charge >= 0.3 is 0 Å².